The van der Waals surface area contributed by atoms with E-state index in [1.165, 1.54) is 0 Å². The number of halogens is 1. The van der Waals surface area contributed by atoms with Crippen molar-refractivity contribution in [1.82, 2.24) is 4.90 Å². The predicted molar refractivity (Wildman–Crippen MR) is 114 cm³/mol. The quantitative estimate of drug-likeness (QED) is 0.620. The molecule has 0 aromatic heterocycles. The molecule has 3 aromatic carbocycles. The van der Waals surface area contributed by atoms with Crippen LogP contribution < -0.4 is 10.1 Å². The summed E-state index contributed by atoms with van der Waals surface area (Å²) in [5.41, 5.74) is 2.08. The van der Waals surface area contributed by atoms with Gasteiger partial charge in [-0.25, -0.2) is 0 Å². The minimum atomic E-state index is -0.317. The molecular formula is C23H21ClN2O3. The van der Waals surface area contributed by atoms with Crippen molar-refractivity contribution >= 4 is 29.1 Å². The molecule has 3 aromatic rings. The van der Waals surface area contributed by atoms with Gasteiger partial charge in [0.2, 0.25) is 0 Å². The lowest BCUT2D eigenvalue weighted by atomic mass is 10.1. The van der Waals surface area contributed by atoms with Crippen molar-refractivity contribution in [2.24, 2.45) is 0 Å². The zero-order valence-corrected chi connectivity index (χ0v) is 16.7. The highest BCUT2D eigenvalue weighted by Gasteiger charge is 2.13. The van der Waals surface area contributed by atoms with E-state index in [9.17, 15) is 9.59 Å². The average Bonchev–Trinajstić information content (AvgIpc) is 2.73. The van der Waals surface area contributed by atoms with Crippen LogP contribution in [0.5, 0.6) is 5.75 Å². The van der Waals surface area contributed by atoms with E-state index in [1.54, 1.807) is 60.5 Å². The van der Waals surface area contributed by atoms with Crippen molar-refractivity contribution in [3.8, 4) is 5.75 Å². The van der Waals surface area contributed by atoms with E-state index in [4.69, 9.17) is 16.3 Å². The van der Waals surface area contributed by atoms with Gasteiger partial charge in [-0.1, -0.05) is 48.0 Å². The number of benzene rings is 3. The topological polar surface area (TPSA) is 58.6 Å². The SMILES string of the molecule is CN(Cc1ccccc1)C(=O)c1cccc(NC(=O)COc2ccc(Cl)cc2)c1. The highest BCUT2D eigenvalue weighted by molar-refractivity contribution is 6.30. The Balaban J connectivity index is 1.57. The summed E-state index contributed by atoms with van der Waals surface area (Å²) in [5.74, 6) is 0.112. The number of nitrogens with zero attached hydrogens (tertiary/aromatic N) is 1. The third-order valence-corrected chi connectivity index (χ3v) is 4.44. The van der Waals surface area contributed by atoms with Gasteiger partial charge >= 0.3 is 0 Å². The molecule has 1 N–H and O–H groups in total. The number of carbonyl (C=O) groups is 2. The van der Waals surface area contributed by atoms with Gasteiger partial charge in [0.15, 0.2) is 6.61 Å². The van der Waals surface area contributed by atoms with Crippen LogP contribution in [0.15, 0.2) is 78.9 Å². The van der Waals surface area contributed by atoms with Gasteiger partial charge < -0.3 is 15.0 Å². The Morgan fingerprint density at radius 1 is 0.966 bits per heavy atom. The summed E-state index contributed by atoms with van der Waals surface area (Å²) >= 11 is 5.82. The highest BCUT2D eigenvalue weighted by Crippen LogP contribution is 2.16. The lowest BCUT2D eigenvalue weighted by Crippen LogP contribution is -2.26. The van der Waals surface area contributed by atoms with E-state index in [2.05, 4.69) is 5.32 Å². The molecule has 0 saturated heterocycles. The van der Waals surface area contributed by atoms with Crippen molar-refractivity contribution in [3.63, 3.8) is 0 Å². The number of anilines is 1. The molecule has 6 heteroatoms. The Labute approximate surface area is 174 Å². The predicted octanol–water partition coefficient (Wildman–Crippen LogP) is 4.63. The molecule has 0 heterocycles. The summed E-state index contributed by atoms with van der Waals surface area (Å²) in [6.07, 6.45) is 0. The van der Waals surface area contributed by atoms with Crippen molar-refractivity contribution in [2.75, 3.05) is 19.0 Å². The standard InChI is InChI=1S/C23H21ClN2O3/c1-26(15-17-6-3-2-4-7-17)23(28)18-8-5-9-20(14-18)25-22(27)16-29-21-12-10-19(24)11-13-21/h2-14H,15-16H2,1H3,(H,25,27). The van der Waals surface area contributed by atoms with E-state index in [0.717, 1.165) is 5.56 Å². The molecule has 2 amide bonds. The molecule has 0 aliphatic heterocycles. The molecule has 29 heavy (non-hydrogen) atoms. The summed E-state index contributed by atoms with van der Waals surface area (Å²) < 4.78 is 5.43. The Bertz CT molecular complexity index is 975. The van der Waals surface area contributed by atoms with E-state index in [-0.39, 0.29) is 18.4 Å². The summed E-state index contributed by atoms with van der Waals surface area (Å²) in [6, 6.07) is 23.4. The van der Waals surface area contributed by atoms with Crippen LogP contribution in [-0.2, 0) is 11.3 Å². The number of hydrogen-bond acceptors (Lipinski definition) is 3. The molecule has 0 fully saturated rings. The van der Waals surface area contributed by atoms with E-state index >= 15 is 0 Å². The van der Waals surface area contributed by atoms with Gasteiger partial charge in [-0.15, -0.1) is 0 Å². The van der Waals surface area contributed by atoms with Crippen molar-refractivity contribution < 1.29 is 14.3 Å². The van der Waals surface area contributed by atoms with E-state index < -0.39 is 0 Å². The summed E-state index contributed by atoms with van der Waals surface area (Å²) in [5, 5.41) is 3.34. The van der Waals surface area contributed by atoms with Crippen LogP contribution >= 0.6 is 11.6 Å². The molecule has 0 unspecified atom stereocenters. The van der Waals surface area contributed by atoms with Crippen molar-refractivity contribution in [3.05, 3.63) is 95.0 Å². The van der Waals surface area contributed by atoms with E-state index in [1.807, 2.05) is 30.3 Å². The third kappa shape index (κ3) is 6.09. The minimum absolute atomic E-state index is 0.123. The van der Waals surface area contributed by atoms with Crippen LogP contribution in [0, 0.1) is 0 Å². The average molecular weight is 409 g/mol. The summed E-state index contributed by atoms with van der Waals surface area (Å²) in [4.78, 5) is 26.5. The molecule has 0 spiro atoms. The molecule has 0 aliphatic rings. The first-order valence-electron chi connectivity index (χ1n) is 9.09. The highest BCUT2D eigenvalue weighted by atomic mass is 35.5. The number of hydrogen-bond donors (Lipinski definition) is 1. The Morgan fingerprint density at radius 3 is 2.41 bits per heavy atom. The molecule has 0 aliphatic carbocycles. The molecule has 0 radical (unpaired) electrons. The van der Waals surface area contributed by atoms with Crippen LogP contribution in [0.25, 0.3) is 0 Å². The Hall–Kier alpha value is -3.31. The van der Waals surface area contributed by atoms with Gasteiger partial charge in [0.1, 0.15) is 5.75 Å². The maximum Gasteiger partial charge on any atom is 0.262 e. The molecule has 3 rings (SSSR count). The van der Waals surface area contributed by atoms with Crippen LogP contribution in [0.2, 0.25) is 5.02 Å². The Morgan fingerprint density at radius 2 is 1.69 bits per heavy atom. The number of nitrogens with one attached hydrogen (secondary N) is 1. The van der Waals surface area contributed by atoms with E-state index in [0.29, 0.717) is 28.6 Å². The fourth-order valence-corrected chi connectivity index (χ4v) is 2.88. The monoisotopic (exact) mass is 408 g/mol. The number of rotatable bonds is 7. The molecule has 0 atom stereocenters. The van der Waals surface area contributed by atoms with Crippen LogP contribution in [0.1, 0.15) is 15.9 Å². The zero-order valence-electron chi connectivity index (χ0n) is 16.0. The fraction of sp³-hybridized carbons (Fsp3) is 0.130. The number of amides is 2. The first kappa shape index (κ1) is 20.4. The molecule has 148 valence electrons. The number of carbonyl (C=O) groups excluding carboxylic acids is 2. The van der Waals surface area contributed by atoms with Gasteiger partial charge in [-0.05, 0) is 48.0 Å². The van der Waals surface area contributed by atoms with Crippen LogP contribution in [-0.4, -0.2) is 30.4 Å². The lowest BCUT2D eigenvalue weighted by Gasteiger charge is -2.18. The van der Waals surface area contributed by atoms with Crippen molar-refractivity contribution in [1.29, 1.82) is 0 Å². The van der Waals surface area contributed by atoms with Crippen molar-refractivity contribution in [2.45, 2.75) is 6.54 Å². The smallest absolute Gasteiger partial charge is 0.262 e. The van der Waals surface area contributed by atoms with Gasteiger partial charge in [0, 0.05) is 29.9 Å². The first-order chi connectivity index (χ1) is 14.0. The molecular weight excluding hydrogens is 388 g/mol. The molecule has 5 nitrogen and oxygen atoms in total. The number of ether oxygens (including phenoxy) is 1. The maximum atomic E-state index is 12.7. The molecule has 0 bridgehead atoms. The second-order valence-corrected chi connectivity index (χ2v) is 6.95. The fourth-order valence-electron chi connectivity index (χ4n) is 2.76. The van der Waals surface area contributed by atoms with Crippen LogP contribution in [0.4, 0.5) is 5.69 Å². The normalized spacial score (nSPS) is 10.3. The van der Waals surface area contributed by atoms with Gasteiger partial charge in [-0.2, -0.15) is 0 Å². The maximum absolute atomic E-state index is 12.7. The second-order valence-electron chi connectivity index (χ2n) is 6.52. The zero-order chi connectivity index (χ0) is 20.6. The third-order valence-electron chi connectivity index (χ3n) is 4.19. The minimum Gasteiger partial charge on any atom is -0.484 e. The largest absolute Gasteiger partial charge is 0.484 e. The summed E-state index contributed by atoms with van der Waals surface area (Å²) in [7, 11) is 1.75. The van der Waals surface area contributed by atoms with Gasteiger partial charge in [-0.3, -0.25) is 9.59 Å². The Kier molecular flexibility index (Phi) is 6.87. The summed E-state index contributed by atoms with van der Waals surface area (Å²) in [6.45, 7) is 0.360. The molecule has 0 saturated carbocycles. The van der Waals surface area contributed by atoms with Crippen LogP contribution in [0.3, 0.4) is 0 Å². The second kappa shape index (κ2) is 9.75. The van der Waals surface area contributed by atoms with Gasteiger partial charge in [0.25, 0.3) is 11.8 Å². The van der Waals surface area contributed by atoms with Gasteiger partial charge in [0.05, 0.1) is 0 Å². The lowest BCUT2D eigenvalue weighted by molar-refractivity contribution is -0.118. The first-order valence-corrected chi connectivity index (χ1v) is 9.47.